The first-order valence-electron chi connectivity index (χ1n) is 5.92. The van der Waals surface area contributed by atoms with E-state index in [1.54, 1.807) is 13.0 Å². The number of hydrogen-bond donors (Lipinski definition) is 1. The van der Waals surface area contributed by atoms with E-state index in [0.717, 1.165) is 6.42 Å². The number of rotatable bonds is 5. The summed E-state index contributed by atoms with van der Waals surface area (Å²) in [5.74, 6) is -0.720. The highest BCUT2D eigenvalue weighted by Gasteiger charge is 2.22. The number of halogens is 1. The molecule has 1 N–H and O–H groups in total. The molecule has 0 heterocycles. The summed E-state index contributed by atoms with van der Waals surface area (Å²) >= 11 is 0. The fourth-order valence-electron chi connectivity index (χ4n) is 1.36. The number of carbonyl (C=O) groups excluding carboxylic acids is 1. The smallest absolute Gasteiger partial charge is 0.236 e. The lowest BCUT2D eigenvalue weighted by Crippen LogP contribution is -2.40. The van der Waals surface area contributed by atoms with Crippen LogP contribution in [0.2, 0.25) is 0 Å². The first-order valence-corrected chi connectivity index (χ1v) is 7.13. The van der Waals surface area contributed by atoms with Gasteiger partial charge >= 0.3 is 0 Å². The van der Waals surface area contributed by atoms with Crippen molar-refractivity contribution in [3.05, 3.63) is 30.1 Å². The van der Waals surface area contributed by atoms with E-state index in [2.05, 4.69) is 5.32 Å². The fraction of sp³-hybridized carbons (Fsp3) is 0.462. The molecule has 1 aromatic rings. The van der Waals surface area contributed by atoms with Crippen molar-refractivity contribution < 1.29 is 13.4 Å². The average Bonchev–Trinajstić information content (AvgIpc) is 2.36. The normalized spacial score (nSPS) is 15.8. The Morgan fingerprint density at radius 1 is 1.44 bits per heavy atom. The first-order chi connectivity index (χ1) is 8.45. The summed E-state index contributed by atoms with van der Waals surface area (Å²) in [5.41, 5.74) is 0. The summed E-state index contributed by atoms with van der Waals surface area (Å²) in [7, 11) is -1.54. The predicted octanol–water partition coefficient (Wildman–Crippen LogP) is 2.24. The molecule has 0 aliphatic heterocycles. The van der Waals surface area contributed by atoms with Gasteiger partial charge in [-0.3, -0.25) is 9.00 Å². The third-order valence-electron chi connectivity index (χ3n) is 2.72. The molecule has 3 nitrogen and oxygen atoms in total. The van der Waals surface area contributed by atoms with Crippen LogP contribution in [0.3, 0.4) is 0 Å². The van der Waals surface area contributed by atoms with Gasteiger partial charge in [-0.2, -0.15) is 0 Å². The molecule has 5 heteroatoms. The summed E-state index contributed by atoms with van der Waals surface area (Å²) in [6.07, 6.45) is 0.811. The maximum atomic E-state index is 13.0. The maximum absolute atomic E-state index is 13.0. The second kappa shape index (κ2) is 6.64. The zero-order valence-electron chi connectivity index (χ0n) is 10.8. The molecule has 1 rings (SSSR count). The van der Waals surface area contributed by atoms with E-state index in [-0.39, 0.29) is 11.9 Å². The molecule has 0 spiro atoms. The third kappa shape index (κ3) is 3.91. The van der Waals surface area contributed by atoms with Crippen molar-refractivity contribution in [3.63, 3.8) is 0 Å². The molecule has 0 fully saturated rings. The van der Waals surface area contributed by atoms with Crippen molar-refractivity contribution in [1.29, 1.82) is 0 Å². The van der Waals surface area contributed by atoms with E-state index >= 15 is 0 Å². The molecule has 1 aromatic carbocycles. The molecule has 3 unspecified atom stereocenters. The molecule has 0 aliphatic rings. The van der Waals surface area contributed by atoms with E-state index in [9.17, 15) is 13.4 Å². The summed E-state index contributed by atoms with van der Waals surface area (Å²) < 4.78 is 25.1. The van der Waals surface area contributed by atoms with Crippen LogP contribution in [0.1, 0.15) is 27.2 Å². The lowest BCUT2D eigenvalue weighted by atomic mass is 10.2. The average molecular weight is 271 g/mol. The minimum atomic E-state index is -1.54. The van der Waals surface area contributed by atoms with Gasteiger partial charge in [0.1, 0.15) is 11.1 Å². The van der Waals surface area contributed by atoms with E-state index in [1.807, 2.05) is 13.8 Å². The van der Waals surface area contributed by atoms with E-state index in [1.165, 1.54) is 18.2 Å². The van der Waals surface area contributed by atoms with Gasteiger partial charge in [-0.05, 0) is 38.5 Å². The highest BCUT2D eigenvalue weighted by Crippen LogP contribution is 2.13. The van der Waals surface area contributed by atoms with Crippen LogP contribution in [0.15, 0.2) is 29.2 Å². The van der Waals surface area contributed by atoms with Gasteiger partial charge in [0.2, 0.25) is 5.91 Å². The summed E-state index contributed by atoms with van der Waals surface area (Å²) in [6, 6.07) is 5.58. The Balaban J connectivity index is 2.75. The highest BCUT2D eigenvalue weighted by molar-refractivity contribution is 7.86. The van der Waals surface area contributed by atoms with Crippen molar-refractivity contribution in [3.8, 4) is 0 Å². The van der Waals surface area contributed by atoms with Crippen molar-refractivity contribution in [2.75, 3.05) is 0 Å². The molecule has 3 atom stereocenters. The van der Waals surface area contributed by atoms with Gasteiger partial charge in [0.05, 0.1) is 10.8 Å². The Kier molecular flexibility index (Phi) is 5.47. The van der Waals surface area contributed by atoms with Gasteiger partial charge in [0, 0.05) is 10.9 Å². The van der Waals surface area contributed by atoms with Crippen LogP contribution in [0.5, 0.6) is 0 Å². The van der Waals surface area contributed by atoms with Crippen molar-refractivity contribution in [2.24, 2.45) is 0 Å². The lowest BCUT2D eigenvalue weighted by molar-refractivity contribution is -0.120. The number of nitrogens with one attached hydrogen (secondary N) is 1. The number of hydrogen-bond acceptors (Lipinski definition) is 2. The number of amides is 1. The van der Waals surface area contributed by atoms with Crippen LogP contribution in [0.4, 0.5) is 4.39 Å². The quantitative estimate of drug-likeness (QED) is 0.892. The second-order valence-corrected chi connectivity index (χ2v) is 5.99. The third-order valence-corrected chi connectivity index (χ3v) is 4.29. The molecule has 0 aromatic heterocycles. The Bertz CT molecular complexity index is 450. The maximum Gasteiger partial charge on any atom is 0.236 e. The van der Waals surface area contributed by atoms with Crippen molar-refractivity contribution in [2.45, 2.75) is 43.4 Å². The summed E-state index contributed by atoms with van der Waals surface area (Å²) in [4.78, 5) is 12.1. The van der Waals surface area contributed by atoms with E-state index in [0.29, 0.717) is 4.90 Å². The molecule has 0 aliphatic carbocycles. The van der Waals surface area contributed by atoms with Gasteiger partial charge in [-0.15, -0.1) is 0 Å². The minimum Gasteiger partial charge on any atom is -0.353 e. The van der Waals surface area contributed by atoms with Gasteiger partial charge in [0.15, 0.2) is 0 Å². The molecule has 100 valence electrons. The van der Waals surface area contributed by atoms with E-state index < -0.39 is 21.9 Å². The van der Waals surface area contributed by atoms with Gasteiger partial charge in [-0.25, -0.2) is 4.39 Å². The monoisotopic (exact) mass is 271 g/mol. The zero-order valence-corrected chi connectivity index (χ0v) is 11.6. The Hall–Kier alpha value is -1.23. The fourth-order valence-corrected chi connectivity index (χ4v) is 2.47. The molecule has 0 bridgehead atoms. The van der Waals surface area contributed by atoms with Crippen LogP contribution >= 0.6 is 0 Å². The van der Waals surface area contributed by atoms with Crippen LogP contribution in [0.25, 0.3) is 0 Å². The number of carbonyl (C=O) groups is 1. The largest absolute Gasteiger partial charge is 0.353 e. The standard InChI is InChI=1S/C13H18FNO2S/c1-4-9(2)15-13(16)10(3)18(17)12-7-5-6-11(14)8-12/h5-10H,4H2,1-3H3,(H,15,16). The molecular formula is C13H18FNO2S. The Morgan fingerprint density at radius 2 is 2.11 bits per heavy atom. The zero-order chi connectivity index (χ0) is 13.7. The first kappa shape index (κ1) is 14.8. The second-order valence-electron chi connectivity index (χ2n) is 4.21. The summed E-state index contributed by atoms with van der Waals surface area (Å²) in [5, 5.41) is 2.08. The molecule has 1 amide bonds. The highest BCUT2D eigenvalue weighted by atomic mass is 32.2. The molecule has 0 saturated carbocycles. The van der Waals surface area contributed by atoms with Gasteiger partial charge in [-0.1, -0.05) is 13.0 Å². The Labute approximate surface area is 109 Å². The molecular weight excluding hydrogens is 253 g/mol. The Morgan fingerprint density at radius 3 is 2.67 bits per heavy atom. The van der Waals surface area contributed by atoms with Crippen LogP contribution in [0, 0.1) is 5.82 Å². The topological polar surface area (TPSA) is 46.2 Å². The summed E-state index contributed by atoms with van der Waals surface area (Å²) in [6.45, 7) is 5.42. The van der Waals surface area contributed by atoms with Gasteiger partial charge < -0.3 is 5.32 Å². The molecule has 0 radical (unpaired) electrons. The lowest BCUT2D eigenvalue weighted by Gasteiger charge is -2.16. The predicted molar refractivity (Wildman–Crippen MR) is 70.2 cm³/mol. The van der Waals surface area contributed by atoms with Crippen LogP contribution < -0.4 is 5.32 Å². The SMILES string of the molecule is CCC(C)NC(=O)C(C)S(=O)c1cccc(F)c1. The molecule has 0 saturated heterocycles. The number of benzene rings is 1. The van der Waals surface area contributed by atoms with E-state index in [4.69, 9.17) is 0 Å². The minimum absolute atomic E-state index is 0.0458. The van der Waals surface area contributed by atoms with Crippen LogP contribution in [-0.4, -0.2) is 21.4 Å². The van der Waals surface area contributed by atoms with Crippen LogP contribution in [-0.2, 0) is 15.6 Å². The van der Waals surface area contributed by atoms with Gasteiger partial charge in [0.25, 0.3) is 0 Å². The van der Waals surface area contributed by atoms with Crippen molar-refractivity contribution in [1.82, 2.24) is 5.32 Å². The molecule has 18 heavy (non-hydrogen) atoms. The van der Waals surface area contributed by atoms with Crippen molar-refractivity contribution >= 4 is 16.7 Å².